The standard InChI is InChI=1S/C13H11BrN2O2/c1-2-6-15-12(17)9-4-3-5-10(11(9)14)13-16-7-8-18-13/h2-8H,1H3,(H,15,17)/b6-2-. The van der Waals surface area contributed by atoms with Crippen LogP contribution in [-0.4, -0.2) is 10.9 Å². The first-order chi connectivity index (χ1) is 8.74. The van der Waals surface area contributed by atoms with Crippen molar-refractivity contribution >= 4 is 21.8 Å². The van der Waals surface area contributed by atoms with E-state index < -0.39 is 0 Å². The van der Waals surface area contributed by atoms with Gasteiger partial charge in [-0.25, -0.2) is 4.98 Å². The third kappa shape index (κ3) is 2.51. The molecule has 5 heteroatoms. The Balaban J connectivity index is 2.39. The van der Waals surface area contributed by atoms with E-state index in [-0.39, 0.29) is 5.91 Å². The lowest BCUT2D eigenvalue weighted by Gasteiger charge is -2.06. The van der Waals surface area contributed by atoms with E-state index in [0.29, 0.717) is 15.9 Å². The molecule has 2 aromatic rings. The Hall–Kier alpha value is -1.88. The van der Waals surface area contributed by atoms with Crippen molar-refractivity contribution < 1.29 is 9.21 Å². The SMILES string of the molecule is C/C=C\NC(=O)c1cccc(-c2ncco2)c1Br. The fourth-order valence-corrected chi connectivity index (χ4v) is 2.08. The number of benzene rings is 1. The van der Waals surface area contributed by atoms with Crippen molar-refractivity contribution in [1.29, 1.82) is 0 Å². The zero-order valence-corrected chi connectivity index (χ0v) is 11.3. The summed E-state index contributed by atoms with van der Waals surface area (Å²) in [5, 5.41) is 2.66. The zero-order valence-electron chi connectivity index (χ0n) is 9.68. The number of carbonyl (C=O) groups excluding carboxylic acids is 1. The number of aromatic nitrogens is 1. The van der Waals surface area contributed by atoms with Gasteiger partial charge in [-0.15, -0.1) is 0 Å². The van der Waals surface area contributed by atoms with Crippen LogP contribution in [-0.2, 0) is 0 Å². The molecule has 0 unspecified atom stereocenters. The van der Waals surface area contributed by atoms with E-state index in [4.69, 9.17) is 4.42 Å². The van der Waals surface area contributed by atoms with Crippen molar-refractivity contribution in [2.75, 3.05) is 0 Å². The monoisotopic (exact) mass is 306 g/mol. The second-order valence-corrected chi connectivity index (χ2v) is 4.27. The molecule has 1 heterocycles. The smallest absolute Gasteiger partial charge is 0.256 e. The molecule has 0 bridgehead atoms. The summed E-state index contributed by atoms with van der Waals surface area (Å²) >= 11 is 3.41. The van der Waals surface area contributed by atoms with Crippen molar-refractivity contribution in [3.63, 3.8) is 0 Å². The molecule has 92 valence electrons. The molecule has 1 amide bonds. The van der Waals surface area contributed by atoms with Gasteiger partial charge in [0.25, 0.3) is 5.91 Å². The highest BCUT2D eigenvalue weighted by atomic mass is 79.9. The number of hydrogen-bond acceptors (Lipinski definition) is 3. The van der Waals surface area contributed by atoms with E-state index in [2.05, 4.69) is 26.2 Å². The van der Waals surface area contributed by atoms with E-state index in [9.17, 15) is 4.79 Å². The molecule has 0 atom stereocenters. The number of carbonyl (C=O) groups is 1. The zero-order chi connectivity index (χ0) is 13.0. The van der Waals surface area contributed by atoms with Crippen LogP contribution in [0.2, 0.25) is 0 Å². The molecule has 0 aliphatic rings. The predicted octanol–water partition coefficient (Wildman–Crippen LogP) is 3.37. The first-order valence-electron chi connectivity index (χ1n) is 5.34. The lowest BCUT2D eigenvalue weighted by atomic mass is 10.1. The molecular formula is C13H11BrN2O2. The second kappa shape index (κ2) is 5.64. The topological polar surface area (TPSA) is 55.1 Å². The number of halogens is 1. The summed E-state index contributed by atoms with van der Waals surface area (Å²) in [6.07, 6.45) is 6.40. The highest BCUT2D eigenvalue weighted by molar-refractivity contribution is 9.10. The van der Waals surface area contributed by atoms with Crippen molar-refractivity contribution in [2.45, 2.75) is 6.92 Å². The molecule has 2 rings (SSSR count). The molecule has 0 saturated carbocycles. The molecule has 0 aliphatic carbocycles. The van der Waals surface area contributed by atoms with Gasteiger partial charge in [0, 0.05) is 4.47 Å². The van der Waals surface area contributed by atoms with Crippen LogP contribution in [0.1, 0.15) is 17.3 Å². The highest BCUT2D eigenvalue weighted by Gasteiger charge is 2.15. The Morgan fingerprint density at radius 3 is 3.00 bits per heavy atom. The average molecular weight is 307 g/mol. The van der Waals surface area contributed by atoms with Crippen molar-refractivity contribution in [3.05, 3.63) is 53.0 Å². The summed E-state index contributed by atoms with van der Waals surface area (Å²) in [4.78, 5) is 16.0. The van der Waals surface area contributed by atoms with Gasteiger partial charge in [0.05, 0.1) is 17.3 Å². The first-order valence-corrected chi connectivity index (χ1v) is 6.13. The van der Waals surface area contributed by atoms with E-state index in [1.54, 1.807) is 30.6 Å². The van der Waals surface area contributed by atoms with Crippen LogP contribution in [0.5, 0.6) is 0 Å². The molecule has 0 radical (unpaired) electrons. The van der Waals surface area contributed by atoms with Crippen LogP contribution < -0.4 is 5.32 Å². The van der Waals surface area contributed by atoms with Gasteiger partial charge < -0.3 is 9.73 Å². The summed E-state index contributed by atoms with van der Waals surface area (Å²) in [5.74, 6) is 0.288. The van der Waals surface area contributed by atoms with Crippen molar-refractivity contribution in [3.8, 4) is 11.5 Å². The number of oxazole rings is 1. The van der Waals surface area contributed by atoms with Crippen LogP contribution >= 0.6 is 15.9 Å². The van der Waals surface area contributed by atoms with Gasteiger partial charge in [0.2, 0.25) is 5.89 Å². The Morgan fingerprint density at radius 1 is 1.50 bits per heavy atom. The Labute approximate surface area is 113 Å². The fraction of sp³-hybridized carbons (Fsp3) is 0.0769. The van der Waals surface area contributed by atoms with Gasteiger partial charge in [-0.05, 0) is 41.2 Å². The lowest BCUT2D eigenvalue weighted by molar-refractivity contribution is 0.0969. The predicted molar refractivity (Wildman–Crippen MR) is 71.9 cm³/mol. The fourth-order valence-electron chi connectivity index (χ4n) is 1.47. The van der Waals surface area contributed by atoms with E-state index in [1.807, 2.05) is 13.0 Å². The minimum Gasteiger partial charge on any atom is -0.444 e. The maximum Gasteiger partial charge on any atom is 0.256 e. The number of hydrogen-bond donors (Lipinski definition) is 1. The molecule has 1 aromatic carbocycles. The van der Waals surface area contributed by atoms with Crippen LogP contribution in [0.3, 0.4) is 0 Å². The van der Waals surface area contributed by atoms with Gasteiger partial charge in [-0.2, -0.15) is 0 Å². The quantitative estimate of drug-likeness (QED) is 0.946. The maximum absolute atomic E-state index is 11.9. The molecule has 0 aliphatic heterocycles. The van der Waals surface area contributed by atoms with Crippen LogP contribution in [0.15, 0.2) is 51.8 Å². The summed E-state index contributed by atoms with van der Waals surface area (Å²) in [5.41, 5.74) is 1.27. The summed E-state index contributed by atoms with van der Waals surface area (Å²) in [7, 11) is 0. The van der Waals surface area contributed by atoms with E-state index in [1.165, 1.54) is 6.26 Å². The lowest BCUT2D eigenvalue weighted by Crippen LogP contribution is -2.17. The molecular weight excluding hydrogens is 296 g/mol. The van der Waals surface area contributed by atoms with Crippen molar-refractivity contribution in [2.24, 2.45) is 0 Å². The molecule has 1 N–H and O–H groups in total. The molecule has 4 nitrogen and oxygen atoms in total. The average Bonchev–Trinajstić information content (AvgIpc) is 2.90. The number of allylic oxidation sites excluding steroid dienone is 1. The second-order valence-electron chi connectivity index (χ2n) is 3.48. The largest absolute Gasteiger partial charge is 0.444 e. The van der Waals surface area contributed by atoms with Gasteiger partial charge in [-0.1, -0.05) is 12.1 Å². The van der Waals surface area contributed by atoms with E-state index >= 15 is 0 Å². The van der Waals surface area contributed by atoms with Crippen molar-refractivity contribution in [1.82, 2.24) is 10.3 Å². The Bertz CT molecular complexity index is 577. The van der Waals surface area contributed by atoms with Gasteiger partial charge in [0.15, 0.2) is 0 Å². The third-order valence-electron chi connectivity index (χ3n) is 2.29. The molecule has 0 fully saturated rings. The molecule has 0 saturated heterocycles. The Kier molecular flexibility index (Phi) is 3.94. The third-order valence-corrected chi connectivity index (χ3v) is 3.14. The highest BCUT2D eigenvalue weighted by Crippen LogP contribution is 2.29. The number of nitrogens with zero attached hydrogens (tertiary/aromatic N) is 1. The molecule has 0 spiro atoms. The van der Waals surface area contributed by atoms with Crippen LogP contribution in [0, 0.1) is 0 Å². The minimum atomic E-state index is -0.187. The Morgan fingerprint density at radius 2 is 2.33 bits per heavy atom. The molecule has 1 aromatic heterocycles. The normalized spacial score (nSPS) is 10.8. The van der Waals surface area contributed by atoms with Crippen LogP contribution in [0.4, 0.5) is 0 Å². The number of rotatable bonds is 3. The number of nitrogens with one attached hydrogen (secondary N) is 1. The first kappa shape index (κ1) is 12.6. The van der Waals surface area contributed by atoms with E-state index in [0.717, 1.165) is 5.56 Å². The van der Waals surface area contributed by atoms with Crippen LogP contribution in [0.25, 0.3) is 11.5 Å². The summed E-state index contributed by atoms with van der Waals surface area (Å²) in [6, 6.07) is 5.35. The van der Waals surface area contributed by atoms with Gasteiger partial charge in [0.1, 0.15) is 6.26 Å². The minimum absolute atomic E-state index is 0.187. The maximum atomic E-state index is 11.9. The van der Waals surface area contributed by atoms with Gasteiger partial charge >= 0.3 is 0 Å². The number of amides is 1. The molecule has 18 heavy (non-hydrogen) atoms. The summed E-state index contributed by atoms with van der Waals surface area (Å²) < 4.78 is 5.89. The van der Waals surface area contributed by atoms with Gasteiger partial charge in [-0.3, -0.25) is 4.79 Å². The summed E-state index contributed by atoms with van der Waals surface area (Å²) in [6.45, 7) is 1.83.